The van der Waals surface area contributed by atoms with Gasteiger partial charge in [0.25, 0.3) is 0 Å². The first-order chi connectivity index (χ1) is 25.2. The van der Waals surface area contributed by atoms with Gasteiger partial charge < -0.3 is 38.6 Å². The molecule has 6 aromatic carbocycles. The van der Waals surface area contributed by atoms with Gasteiger partial charge in [-0.15, -0.1) is 0 Å². The number of aryl methyl sites for hydroxylation is 2. The Bertz CT molecular complexity index is 2050. The van der Waals surface area contributed by atoms with E-state index in [1.54, 1.807) is 42.7 Å². The second kappa shape index (κ2) is 15.4. The summed E-state index contributed by atoms with van der Waals surface area (Å²) in [6.45, 7) is 4.04. The van der Waals surface area contributed by atoms with Gasteiger partial charge >= 0.3 is 0 Å². The molecule has 0 aliphatic heterocycles. The molecule has 2 N–H and O–H groups in total. The Balaban J connectivity index is 1.64. The molecule has 0 spiro atoms. The smallest absolute Gasteiger partial charge is 0.167 e. The van der Waals surface area contributed by atoms with E-state index in [-0.39, 0.29) is 0 Å². The largest absolute Gasteiger partial charge is 0.495 e. The van der Waals surface area contributed by atoms with Crippen molar-refractivity contribution in [2.24, 2.45) is 0 Å². The van der Waals surface area contributed by atoms with E-state index in [0.29, 0.717) is 58.5 Å². The van der Waals surface area contributed by atoms with Gasteiger partial charge in [-0.2, -0.15) is 0 Å². The van der Waals surface area contributed by atoms with Crippen LogP contribution in [0, 0.1) is 13.8 Å². The molecular formula is C44H46O8. The quantitative estimate of drug-likeness (QED) is 0.123. The lowest BCUT2D eigenvalue weighted by molar-refractivity contribution is 0.174. The molecule has 6 rings (SSSR count). The number of benzene rings is 6. The van der Waals surface area contributed by atoms with Crippen molar-refractivity contribution in [3.63, 3.8) is 0 Å². The van der Waals surface area contributed by atoms with Crippen molar-refractivity contribution < 1.29 is 38.6 Å². The Morgan fingerprint density at radius 2 is 0.788 bits per heavy atom. The molecule has 0 fully saturated rings. The molecule has 0 aliphatic carbocycles. The summed E-state index contributed by atoms with van der Waals surface area (Å²) in [7, 11) is 9.62. The fourth-order valence-corrected chi connectivity index (χ4v) is 7.55. The van der Waals surface area contributed by atoms with Crippen molar-refractivity contribution in [1.29, 1.82) is 0 Å². The van der Waals surface area contributed by atoms with Crippen LogP contribution in [0.1, 0.15) is 45.6 Å². The van der Waals surface area contributed by atoms with Gasteiger partial charge in [0.15, 0.2) is 23.0 Å². The van der Waals surface area contributed by atoms with Crippen LogP contribution in [0.25, 0.3) is 32.7 Å². The molecule has 0 amide bonds. The lowest BCUT2D eigenvalue weighted by atomic mass is 9.85. The Labute approximate surface area is 305 Å². The number of aliphatic hydroxyl groups excluding tert-OH is 2. The first-order valence-corrected chi connectivity index (χ1v) is 17.2. The van der Waals surface area contributed by atoms with Crippen molar-refractivity contribution in [2.45, 2.75) is 38.9 Å². The molecule has 8 heteroatoms. The molecule has 0 radical (unpaired) electrons. The van der Waals surface area contributed by atoms with Crippen molar-refractivity contribution in [1.82, 2.24) is 0 Å². The second-order valence-corrected chi connectivity index (χ2v) is 12.9. The molecule has 0 aliphatic rings. The van der Waals surface area contributed by atoms with E-state index < -0.39 is 12.2 Å². The molecule has 6 aromatic rings. The molecule has 2 unspecified atom stereocenters. The van der Waals surface area contributed by atoms with Crippen LogP contribution in [-0.2, 0) is 12.8 Å². The first kappa shape index (κ1) is 36.4. The number of aliphatic hydroxyl groups is 2. The van der Waals surface area contributed by atoms with Crippen LogP contribution in [0.2, 0.25) is 0 Å². The summed E-state index contributed by atoms with van der Waals surface area (Å²) in [6, 6.07) is 27.6. The maximum atomic E-state index is 11.8. The highest BCUT2D eigenvalue weighted by atomic mass is 16.5. The third-order valence-electron chi connectivity index (χ3n) is 9.82. The molecule has 270 valence electrons. The molecule has 0 heterocycles. The van der Waals surface area contributed by atoms with Gasteiger partial charge in [-0.25, -0.2) is 0 Å². The van der Waals surface area contributed by atoms with Crippen LogP contribution in [0.4, 0.5) is 0 Å². The van der Waals surface area contributed by atoms with Gasteiger partial charge in [-0.3, -0.25) is 0 Å². The molecule has 2 atom stereocenters. The molecular weight excluding hydrogens is 656 g/mol. The van der Waals surface area contributed by atoms with Crippen LogP contribution < -0.4 is 28.4 Å². The molecule has 0 saturated carbocycles. The van der Waals surface area contributed by atoms with Crippen LogP contribution in [0.3, 0.4) is 0 Å². The Morgan fingerprint density at radius 3 is 1.10 bits per heavy atom. The van der Waals surface area contributed by atoms with Gasteiger partial charge in [0, 0.05) is 45.9 Å². The molecule has 8 nitrogen and oxygen atoms in total. The monoisotopic (exact) mass is 702 g/mol. The standard InChI is InChI=1S/C44H46O8/c1-25-19-29-31(23-35(47-3)43(51-7)39(29)33(45)21-27-15-11-9-12-16-27)41(49-5)37(25)38-26(2)20-30-32(42(38)50-6)24-36(48-4)44(52-8)40(30)34(46)22-28-17-13-10-14-18-28/h9-20,23-24,33-34,45-46H,21-22H2,1-8H3. The maximum Gasteiger partial charge on any atom is 0.167 e. The third kappa shape index (κ3) is 6.44. The maximum absolute atomic E-state index is 11.8. The van der Waals surface area contributed by atoms with Gasteiger partial charge in [0.05, 0.1) is 54.9 Å². The van der Waals surface area contributed by atoms with E-state index in [1.807, 2.05) is 86.6 Å². The summed E-state index contributed by atoms with van der Waals surface area (Å²) >= 11 is 0. The number of hydrogen-bond acceptors (Lipinski definition) is 8. The van der Waals surface area contributed by atoms with Crippen LogP contribution >= 0.6 is 0 Å². The summed E-state index contributed by atoms with van der Waals surface area (Å²) in [5.74, 6) is 3.07. The predicted molar refractivity (Wildman–Crippen MR) is 206 cm³/mol. The average molecular weight is 703 g/mol. The number of ether oxygens (including phenoxy) is 6. The van der Waals surface area contributed by atoms with Gasteiger partial charge in [0.1, 0.15) is 11.5 Å². The number of rotatable bonds is 13. The molecule has 0 bridgehead atoms. The minimum Gasteiger partial charge on any atom is -0.495 e. The fourth-order valence-electron chi connectivity index (χ4n) is 7.55. The van der Waals surface area contributed by atoms with E-state index in [1.165, 1.54) is 0 Å². The Morgan fingerprint density at radius 1 is 0.442 bits per heavy atom. The topological polar surface area (TPSA) is 95.8 Å². The highest BCUT2D eigenvalue weighted by molar-refractivity contribution is 6.06. The SMILES string of the molecule is COc1cc2c(OC)c(-c3c(C)cc4c(C(O)Cc5ccccc5)c(OC)c(OC)cc4c3OC)c(C)cc2c(C(O)Cc2ccccc2)c1OC. The van der Waals surface area contributed by atoms with E-state index in [4.69, 9.17) is 28.4 Å². The number of hydrogen-bond donors (Lipinski definition) is 2. The van der Waals surface area contributed by atoms with Crippen LogP contribution in [0.15, 0.2) is 84.9 Å². The molecule has 0 saturated heterocycles. The van der Waals surface area contributed by atoms with Crippen molar-refractivity contribution in [2.75, 3.05) is 42.7 Å². The number of fused-ring (bicyclic) bond motifs is 2. The highest BCUT2D eigenvalue weighted by Crippen LogP contribution is 2.53. The lowest BCUT2D eigenvalue weighted by Crippen LogP contribution is -2.08. The minimum atomic E-state index is -0.898. The summed E-state index contributed by atoms with van der Waals surface area (Å²) in [5.41, 5.74) is 6.65. The fraction of sp³-hybridized carbons (Fsp3) is 0.273. The van der Waals surface area contributed by atoms with Gasteiger partial charge in [-0.1, -0.05) is 72.8 Å². The van der Waals surface area contributed by atoms with Gasteiger partial charge in [-0.05, 0) is 59.0 Å². The molecule has 52 heavy (non-hydrogen) atoms. The third-order valence-corrected chi connectivity index (χ3v) is 9.82. The Hall–Kier alpha value is -5.44. The minimum absolute atomic E-state index is 0.379. The van der Waals surface area contributed by atoms with Crippen LogP contribution in [-0.4, -0.2) is 52.9 Å². The summed E-state index contributed by atoms with van der Waals surface area (Å²) < 4.78 is 36.0. The normalized spacial score (nSPS) is 12.4. The lowest BCUT2D eigenvalue weighted by Gasteiger charge is -2.26. The number of methoxy groups -OCH3 is 6. The zero-order valence-electron chi connectivity index (χ0n) is 31.0. The molecule has 0 aromatic heterocycles. The van der Waals surface area contributed by atoms with Crippen molar-refractivity contribution in [3.8, 4) is 45.6 Å². The van der Waals surface area contributed by atoms with E-state index in [2.05, 4.69) is 12.1 Å². The first-order valence-electron chi connectivity index (χ1n) is 17.2. The van der Waals surface area contributed by atoms with Gasteiger partial charge in [0.2, 0.25) is 0 Å². The van der Waals surface area contributed by atoms with E-state index >= 15 is 0 Å². The van der Waals surface area contributed by atoms with Crippen LogP contribution in [0.5, 0.6) is 34.5 Å². The Kier molecular flexibility index (Phi) is 10.8. The summed E-state index contributed by atoms with van der Waals surface area (Å²) in [4.78, 5) is 0. The van der Waals surface area contributed by atoms with Crippen molar-refractivity contribution in [3.05, 3.63) is 118 Å². The van der Waals surface area contributed by atoms with E-state index in [9.17, 15) is 10.2 Å². The predicted octanol–water partition coefficient (Wildman–Crippen LogP) is 8.88. The summed E-state index contributed by atoms with van der Waals surface area (Å²) in [5, 5.41) is 26.7. The zero-order chi connectivity index (χ0) is 37.1. The average Bonchev–Trinajstić information content (AvgIpc) is 3.16. The van der Waals surface area contributed by atoms with E-state index in [0.717, 1.165) is 54.9 Å². The highest BCUT2D eigenvalue weighted by Gasteiger charge is 2.30. The zero-order valence-corrected chi connectivity index (χ0v) is 31.0. The second-order valence-electron chi connectivity index (χ2n) is 12.9. The van der Waals surface area contributed by atoms with Crippen molar-refractivity contribution >= 4 is 21.5 Å². The summed E-state index contributed by atoms with van der Waals surface area (Å²) in [6.07, 6.45) is -1.04.